The maximum Gasteiger partial charge on any atom is 0.326 e. The molecule has 5 nitrogen and oxygen atoms in total. The third kappa shape index (κ3) is 3.28. The lowest BCUT2D eigenvalue weighted by Crippen LogP contribution is -2.22. The number of imidazole rings is 1. The molecule has 0 saturated carbocycles. The zero-order valence-electron chi connectivity index (χ0n) is 14.6. The van der Waals surface area contributed by atoms with Crippen molar-refractivity contribution in [1.29, 1.82) is 0 Å². The van der Waals surface area contributed by atoms with Crippen LogP contribution in [0.25, 0.3) is 11.0 Å². The third-order valence-corrected chi connectivity index (χ3v) is 4.64. The molecule has 0 fully saturated rings. The van der Waals surface area contributed by atoms with E-state index in [0.29, 0.717) is 6.54 Å². The Bertz CT molecular complexity index is 1030. The Morgan fingerprint density at radius 1 is 1.19 bits per heavy atom. The Kier molecular flexibility index (Phi) is 4.35. The van der Waals surface area contributed by atoms with Crippen LogP contribution in [0.5, 0.6) is 0 Å². The molecule has 0 radical (unpaired) electrons. The fourth-order valence-electron chi connectivity index (χ4n) is 3.34. The highest BCUT2D eigenvalue weighted by atomic mass is 16.5. The summed E-state index contributed by atoms with van der Waals surface area (Å²) in [5.74, 6) is 1.19. The topological polar surface area (TPSA) is 59.0 Å². The van der Waals surface area contributed by atoms with Crippen LogP contribution in [0.2, 0.25) is 0 Å². The lowest BCUT2D eigenvalue weighted by atomic mass is 9.99. The molecule has 1 aromatic heterocycles. The SMILES string of the molecule is COC1=CC=CC(Cn2c(=O)[nH]c3cc(Nc4ccccc4)ccc32)C1. The van der Waals surface area contributed by atoms with Gasteiger partial charge in [-0.25, -0.2) is 4.79 Å². The van der Waals surface area contributed by atoms with E-state index in [4.69, 9.17) is 4.74 Å². The number of methoxy groups -OCH3 is 1. The van der Waals surface area contributed by atoms with E-state index in [2.05, 4.69) is 16.4 Å². The van der Waals surface area contributed by atoms with Crippen molar-refractivity contribution in [1.82, 2.24) is 9.55 Å². The van der Waals surface area contributed by atoms with Crippen molar-refractivity contribution < 1.29 is 4.74 Å². The van der Waals surface area contributed by atoms with Crippen molar-refractivity contribution in [2.45, 2.75) is 13.0 Å². The van der Waals surface area contributed by atoms with E-state index < -0.39 is 0 Å². The summed E-state index contributed by atoms with van der Waals surface area (Å²) in [7, 11) is 1.68. The van der Waals surface area contributed by atoms with Gasteiger partial charge in [-0.1, -0.05) is 30.4 Å². The lowest BCUT2D eigenvalue weighted by molar-refractivity contribution is 0.260. The lowest BCUT2D eigenvalue weighted by Gasteiger charge is -2.18. The summed E-state index contributed by atoms with van der Waals surface area (Å²) in [6, 6.07) is 15.9. The van der Waals surface area contributed by atoms with E-state index in [9.17, 15) is 4.79 Å². The number of anilines is 2. The highest BCUT2D eigenvalue weighted by Crippen LogP contribution is 2.24. The van der Waals surface area contributed by atoms with Gasteiger partial charge in [0.1, 0.15) is 0 Å². The Morgan fingerprint density at radius 3 is 2.85 bits per heavy atom. The van der Waals surface area contributed by atoms with Gasteiger partial charge in [-0.2, -0.15) is 0 Å². The molecule has 0 aliphatic heterocycles. The zero-order valence-corrected chi connectivity index (χ0v) is 14.6. The average Bonchev–Trinajstić information content (AvgIpc) is 2.97. The van der Waals surface area contributed by atoms with Gasteiger partial charge in [0.2, 0.25) is 0 Å². The highest BCUT2D eigenvalue weighted by Gasteiger charge is 2.16. The molecule has 0 amide bonds. The quantitative estimate of drug-likeness (QED) is 0.728. The Hall–Kier alpha value is -3.21. The van der Waals surface area contributed by atoms with Crippen LogP contribution < -0.4 is 11.0 Å². The first-order valence-corrected chi connectivity index (χ1v) is 8.69. The van der Waals surface area contributed by atoms with Crippen LogP contribution >= 0.6 is 0 Å². The largest absolute Gasteiger partial charge is 0.501 e. The molecule has 1 aliphatic carbocycles. The van der Waals surface area contributed by atoms with Crippen molar-refractivity contribution in [3.8, 4) is 0 Å². The van der Waals surface area contributed by atoms with Gasteiger partial charge < -0.3 is 15.0 Å². The van der Waals surface area contributed by atoms with Gasteiger partial charge in [-0.3, -0.25) is 4.57 Å². The number of rotatable bonds is 5. The number of fused-ring (bicyclic) bond motifs is 1. The second-order valence-corrected chi connectivity index (χ2v) is 6.45. The summed E-state index contributed by atoms with van der Waals surface area (Å²) in [6.07, 6.45) is 6.89. The molecule has 0 spiro atoms. The number of benzene rings is 2. The number of nitrogens with zero attached hydrogens (tertiary/aromatic N) is 1. The Labute approximate surface area is 151 Å². The molecule has 3 aromatic rings. The van der Waals surface area contributed by atoms with Gasteiger partial charge >= 0.3 is 5.69 Å². The van der Waals surface area contributed by atoms with Crippen molar-refractivity contribution in [3.05, 3.63) is 83.0 Å². The van der Waals surface area contributed by atoms with Crippen LogP contribution in [0.4, 0.5) is 11.4 Å². The van der Waals surface area contributed by atoms with Gasteiger partial charge in [0.25, 0.3) is 0 Å². The van der Waals surface area contributed by atoms with Gasteiger partial charge in [-0.05, 0) is 36.4 Å². The first-order valence-electron chi connectivity index (χ1n) is 8.69. The summed E-state index contributed by atoms with van der Waals surface area (Å²) in [5.41, 5.74) is 3.62. The molecule has 5 heteroatoms. The van der Waals surface area contributed by atoms with Gasteiger partial charge in [0.15, 0.2) is 0 Å². The second kappa shape index (κ2) is 6.96. The van der Waals surface area contributed by atoms with Crippen LogP contribution in [0, 0.1) is 5.92 Å². The number of aromatic amines is 1. The van der Waals surface area contributed by atoms with E-state index in [1.54, 1.807) is 11.7 Å². The standard InChI is InChI=1S/C21H21N3O2/c1-26-18-9-5-6-15(12-18)14-24-20-11-10-17(13-19(20)23-21(24)25)22-16-7-3-2-4-8-16/h2-11,13,15,22H,12,14H2,1H3,(H,23,25). The van der Waals surface area contributed by atoms with Gasteiger partial charge in [-0.15, -0.1) is 0 Å². The predicted octanol–water partition coefficient (Wildman–Crippen LogP) is 4.18. The molecule has 26 heavy (non-hydrogen) atoms. The van der Waals surface area contributed by atoms with Crippen LogP contribution in [-0.4, -0.2) is 16.7 Å². The van der Waals surface area contributed by atoms with Gasteiger partial charge in [0, 0.05) is 30.3 Å². The maximum atomic E-state index is 12.5. The summed E-state index contributed by atoms with van der Waals surface area (Å²) >= 11 is 0. The molecule has 1 aliphatic rings. The van der Waals surface area contributed by atoms with E-state index in [0.717, 1.165) is 34.6 Å². The fraction of sp³-hybridized carbons (Fsp3) is 0.190. The molecule has 1 atom stereocenters. The average molecular weight is 347 g/mol. The minimum Gasteiger partial charge on any atom is -0.501 e. The maximum absolute atomic E-state index is 12.5. The number of allylic oxidation sites excluding steroid dienone is 4. The fourth-order valence-corrected chi connectivity index (χ4v) is 3.34. The highest BCUT2D eigenvalue weighted by molar-refractivity contribution is 5.80. The normalized spacial score (nSPS) is 16.5. The van der Waals surface area contributed by atoms with Crippen molar-refractivity contribution >= 4 is 22.4 Å². The number of para-hydroxylation sites is 1. The monoisotopic (exact) mass is 347 g/mol. The molecule has 1 unspecified atom stereocenters. The molecule has 1 heterocycles. The summed E-state index contributed by atoms with van der Waals surface area (Å²) in [4.78, 5) is 15.4. The number of aromatic nitrogens is 2. The Morgan fingerprint density at radius 2 is 2.04 bits per heavy atom. The molecular weight excluding hydrogens is 326 g/mol. The van der Waals surface area contributed by atoms with Crippen molar-refractivity contribution in [2.75, 3.05) is 12.4 Å². The number of hydrogen-bond donors (Lipinski definition) is 2. The minimum absolute atomic E-state index is 0.0845. The van der Waals surface area contributed by atoms with E-state index in [1.165, 1.54) is 0 Å². The number of nitrogens with one attached hydrogen (secondary N) is 2. The van der Waals surface area contributed by atoms with Crippen LogP contribution in [0.3, 0.4) is 0 Å². The molecular formula is C21H21N3O2. The number of hydrogen-bond acceptors (Lipinski definition) is 3. The predicted molar refractivity (Wildman–Crippen MR) is 105 cm³/mol. The Balaban J connectivity index is 1.59. The van der Waals surface area contributed by atoms with E-state index in [1.807, 2.05) is 60.7 Å². The first-order chi connectivity index (χ1) is 12.7. The first kappa shape index (κ1) is 16.3. The molecule has 2 aromatic carbocycles. The molecule has 0 saturated heterocycles. The smallest absolute Gasteiger partial charge is 0.326 e. The summed E-state index contributed by atoms with van der Waals surface area (Å²) in [5, 5.41) is 3.35. The molecule has 132 valence electrons. The molecule has 4 rings (SSSR count). The number of ether oxygens (including phenoxy) is 1. The third-order valence-electron chi connectivity index (χ3n) is 4.64. The van der Waals surface area contributed by atoms with E-state index in [-0.39, 0.29) is 11.6 Å². The van der Waals surface area contributed by atoms with Crippen LogP contribution in [-0.2, 0) is 11.3 Å². The minimum atomic E-state index is -0.0845. The summed E-state index contributed by atoms with van der Waals surface area (Å²) < 4.78 is 7.14. The number of H-pyrrole nitrogens is 1. The zero-order chi connectivity index (χ0) is 17.9. The van der Waals surface area contributed by atoms with E-state index >= 15 is 0 Å². The second-order valence-electron chi connectivity index (χ2n) is 6.45. The van der Waals surface area contributed by atoms with Crippen molar-refractivity contribution in [3.63, 3.8) is 0 Å². The van der Waals surface area contributed by atoms with Crippen LogP contribution in [0.1, 0.15) is 6.42 Å². The van der Waals surface area contributed by atoms with Crippen LogP contribution in [0.15, 0.2) is 77.3 Å². The molecule has 2 N–H and O–H groups in total. The van der Waals surface area contributed by atoms with Gasteiger partial charge in [0.05, 0.1) is 23.9 Å². The summed E-state index contributed by atoms with van der Waals surface area (Å²) in [6.45, 7) is 0.626. The molecule has 0 bridgehead atoms. The van der Waals surface area contributed by atoms with Crippen molar-refractivity contribution in [2.24, 2.45) is 5.92 Å².